The minimum Gasteiger partial charge on any atom is -0.326 e. The second kappa shape index (κ2) is 5.07. The molecule has 1 aliphatic rings. The largest absolute Gasteiger partial charge is 0.326 e. The molecule has 2 unspecified atom stereocenters. The summed E-state index contributed by atoms with van der Waals surface area (Å²) in [5.74, 6) is 0.254. The van der Waals surface area contributed by atoms with Gasteiger partial charge < -0.3 is 10.6 Å². The third-order valence-electron chi connectivity index (χ3n) is 2.94. The summed E-state index contributed by atoms with van der Waals surface area (Å²) in [6.45, 7) is 3.04. The van der Waals surface area contributed by atoms with Crippen LogP contribution in [-0.4, -0.2) is 23.5 Å². The van der Waals surface area contributed by atoms with Gasteiger partial charge in [0.15, 0.2) is 0 Å². The number of pyridine rings is 1. The number of hydrogen-bond donors (Lipinski definition) is 2. The average Bonchev–Trinajstić information content (AvgIpc) is 2.30. The predicted octanol–water partition coefficient (Wildman–Crippen LogP) is 1.41. The standard InChI is InChI=1S/C12H17N3O/c1-9-8-10(2-7-14-9)12(16)15-11-3-5-13-6-4-11/h3-6,9-10,14H,2,7-8H2,1H3,(H,13,15,16). The second-order valence-corrected chi connectivity index (χ2v) is 4.30. The molecule has 4 nitrogen and oxygen atoms in total. The molecule has 2 rings (SSSR count). The number of carbonyl (C=O) groups excluding carboxylic acids is 1. The minimum atomic E-state index is 0.125. The first-order valence-electron chi connectivity index (χ1n) is 5.70. The molecule has 2 N–H and O–H groups in total. The molecule has 1 saturated heterocycles. The van der Waals surface area contributed by atoms with E-state index in [2.05, 4.69) is 22.5 Å². The van der Waals surface area contributed by atoms with E-state index >= 15 is 0 Å². The first-order valence-corrected chi connectivity index (χ1v) is 5.70. The van der Waals surface area contributed by atoms with Gasteiger partial charge in [-0.2, -0.15) is 0 Å². The summed E-state index contributed by atoms with van der Waals surface area (Å²) in [6, 6.07) is 4.05. The maximum atomic E-state index is 12.0. The Hall–Kier alpha value is -1.42. The van der Waals surface area contributed by atoms with Crippen molar-refractivity contribution in [2.75, 3.05) is 11.9 Å². The van der Waals surface area contributed by atoms with E-state index in [1.807, 2.05) is 12.1 Å². The van der Waals surface area contributed by atoms with Crippen molar-refractivity contribution >= 4 is 11.6 Å². The first-order chi connectivity index (χ1) is 7.75. The van der Waals surface area contributed by atoms with Crippen LogP contribution < -0.4 is 10.6 Å². The number of aromatic nitrogens is 1. The maximum Gasteiger partial charge on any atom is 0.227 e. The van der Waals surface area contributed by atoms with Gasteiger partial charge in [-0.05, 0) is 38.4 Å². The highest BCUT2D eigenvalue weighted by atomic mass is 16.1. The maximum absolute atomic E-state index is 12.0. The number of carbonyl (C=O) groups is 1. The summed E-state index contributed by atoms with van der Waals surface area (Å²) in [7, 11) is 0. The normalized spacial score (nSPS) is 25.1. The molecule has 1 aromatic rings. The van der Waals surface area contributed by atoms with E-state index in [1.54, 1.807) is 12.4 Å². The summed E-state index contributed by atoms with van der Waals surface area (Å²) in [6.07, 6.45) is 5.19. The number of piperidine rings is 1. The van der Waals surface area contributed by atoms with E-state index in [0.717, 1.165) is 25.1 Å². The number of anilines is 1. The summed E-state index contributed by atoms with van der Waals surface area (Å²) in [5, 5.41) is 6.27. The molecule has 16 heavy (non-hydrogen) atoms. The zero-order chi connectivity index (χ0) is 11.4. The van der Waals surface area contributed by atoms with Crippen LogP contribution in [0, 0.1) is 5.92 Å². The van der Waals surface area contributed by atoms with Crippen molar-refractivity contribution in [3.63, 3.8) is 0 Å². The van der Waals surface area contributed by atoms with Crippen molar-refractivity contribution in [1.82, 2.24) is 10.3 Å². The van der Waals surface area contributed by atoms with Crippen LogP contribution in [0.25, 0.3) is 0 Å². The number of nitrogens with one attached hydrogen (secondary N) is 2. The van der Waals surface area contributed by atoms with E-state index in [9.17, 15) is 4.79 Å². The molecule has 1 aliphatic heterocycles. The van der Waals surface area contributed by atoms with Crippen LogP contribution in [0.2, 0.25) is 0 Å². The SMILES string of the molecule is CC1CC(C(=O)Nc2ccncc2)CCN1. The Bertz CT molecular complexity index is 353. The van der Waals surface area contributed by atoms with Gasteiger partial charge in [-0.3, -0.25) is 9.78 Å². The van der Waals surface area contributed by atoms with Crippen LogP contribution in [-0.2, 0) is 4.79 Å². The zero-order valence-corrected chi connectivity index (χ0v) is 9.44. The van der Waals surface area contributed by atoms with Gasteiger partial charge >= 0.3 is 0 Å². The quantitative estimate of drug-likeness (QED) is 0.790. The Balaban J connectivity index is 1.93. The number of amides is 1. The number of hydrogen-bond acceptors (Lipinski definition) is 3. The lowest BCUT2D eigenvalue weighted by atomic mass is 9.92. The van der Waals surface area contributed by atoms with Crippen molar-refractivity contribution in [3.05, 3.63) is 24.5 Å². The molecule has 0 aliphatic carbocycles. The molecule has 4 heteroatoms. The van der Waals surface area contributed by atoms with Gasteiger partial charge in [0.05, 0.1) is 0 Å². The third-order valence-corrected chi connectivity index (χ3v) is 2.94. The fourth-order valence-electron chi connectivity index (χ4n) is 2.05. The molecule has 0 spiro atoms. The fraction of sp³-hybridized carbons (Fsp3) is 0.500. The molecule has 0 radical (unpaired) electrons. The van der Waals surface area contributed by atoms with Crippen molar-refractivity contribution in [3.8, 4) is 0 Å². The van der Waals surface area contributed by atoms with Gasteiger partial charge in [-0.25, -0.2) is 0 Å². The Labute approximate surface area is 95.5 Å². The fourth-order valence-corrected chi connectivity index (χ4v) is 2.05. The summed E-state index contributed by atoms with van der Waals surface area (Å²) >= 11 is 0. The second-order valence-electron chi connectivity index (χ2n) is 4.30. The highest BCUT2D eigenvalue weighted by Crippen LogP contribution is 2.18. The van der Waals surface area contributed by atoms with Crippen LogP contribution in [0.3, 0.4) is 0 Å². The Morgan fingerprint density at radius 1 is 1.50 bits per heavy atom. The minimum absolute atomic E-state index is 0.125. The van der Waals surface area contributed by atoms with Crippen molar-refractivity contribution in [1.29, 1.82) is 0 Å². The Morgan fingerprint density at radius 3 is 2.94 bits per heavy atom. The molecule has 86 valence electrons. The monoisotopic (exact) mass is 219 g/mol. The number of nitrogens with zero attached hydrogens (tertiary/aromatic N) is 1. The molecule has 0 aromatic carbocycles. The van der Waals surface area contributed by atoms with Crippen molar-refractivity contribution in [2.45, 2.75) is 25.8 Å². The third kappa shape index (κ3) is 2.79. The molecule has 2 heterocycles. The molecule has 0 bridgehead atoms. The van der Waals surface area contributed by atoms with Crippen LogP contribution in [0.5, 0.6) is 0 Å². The highest BCUT2D eigenvalue weighted by Gasteiger charge is 2.24. The lowest BCUT2D eigenvalue weighted by Crippen LogP contribution is -2.40. The summed E-state index contributed by atoms with van der Waals surface area (Å²) in [4.78, 5) is 15.9. The average molecular weight is 219 g/mol. The van der Waals surface area contributed by atoms with Crippen LogP contribution in [0.4, 0.5) is 5.69 Å². The van der Waals surface area contributed by atoms with Gasteiger partial charge in [0, 0.05) is 30.0 Å². The topological polar surface area (TPSA) is 54.0 Å². The highest BCUT2D eigenvalue weighted by molar-refractivity contribution is 5.92. The summed E-state index contributed by atoms with van der Waals surface area (Å²) in [5.41, 5.74) is 0.825. The van der Waals surface area contributed by atoms with Gasteiger partial charge in [-0.1, -0.05) is 0 Å². The van der Waals surface area contributed by atoms with E-state index in [1.165, 1.54) is 0 Å². The first kappa shape index (κ1) is 11.1. The van der Waals surface area contributed by atoms with Gasteiger partial charge in [-0.15, -0.1) is 0 Å². The lowest BCUT2D eigenvalue weighted by Gasteiger charge is -2.27. The lowest BCUT2D eigenvalue weighted by molar-refractivity contribution is -0.120. The summed E-state index contributed by atoms with van der Waals surface area (Å²) < 4.78 is 0. The molecule has 1 aromatic heterocycles. The van der Waals surface area contributed by atoms with Gasteiger partial charge in [0.25, 0.3) is 0 Å². The number of rotatable bonds is 2. The Kier molecular flexibility index (Phi) is 3.51. The molecule has 0 saturated carbocycles. The van der Waals surface area contributed by atoms with E-state index in [0.29, 0.717) is 6.04 Å². The van der Waals surface area contributed by atoms with E-state index in [-0.39, 0.29) is 11.8 Å². The molecule has 2 atom stereocenters. The molecular weight excluding hydrogens is 202 g/mol. The smallest absolute Gasteiger partial charge is 0.227 e. The van der Waals surface area contributed by atoms with Crippen LogP contribution in [0.15, 0.2) is 24.5 Å². The molecule has 1 fully saturated rings. The van der Waals surface area contributed by atoms with Crippen molar-refractivity contribution < 1.29 is 4.79 Å². The van der Waals surface area contributed by atoms with Crippen LogP contribution in [0.1, 0.15) is 19.8 Å². The van der Waals surface area contributed by atoms with Crippen LogP contribution >= 0.6 is 0 Å². The van der Waals surface area contributed by atoms with E-state index < -0.39 is 0 Å². The molecule has 1 amide bonds. The molecular formula is C12H17N3O. The van der Waals surface area contributed by atoms with E-state index in [4.69, 9.17) is 0 Å². The van der Waals surface area contributed by atoms with Crippen molar-refractivity contribution in [2.24, 2.45) is 5.92 Å². The predicted molar refractivity (Wildman–Crippen MR) is 63.1 cm³/mol. The van der Waals surface area contributed by atoms with Gasteiger partial charge in [0.1, 0.15) is 0 Å². The zero-order valence-electron chi connectivity index (χ0n) is 9.44. The van der Waals surface area contributed by atoms with Gasteiger partial charge in [0.2, 0.25) is 5.91 Å². The Morgan fingerprint density at radius 2 is 2.25 bits per heavy atom.